The minimum Gasteiger partial charge on any atom is -0.320 e. The smallest absolute Gasteiger partial charge is 0.320 e. The van der Waals surface area contributed by atoms with Crippen LogP contribution in [0, 0.1) is 13.8 Å². The maximum absolute atomic E-state index is 13.5. The van der Waals surface area contributed by atoms with Crippen LogP contribution >= 0.6 is 23.2 Å². The van der Waals surface area contributed by atoms with Gasteiger partial charge in [0.15, 0.2) is 11.5 Å². The van der Waals surface area contributed by atoms with Crippen molar-refractivity contribution in [1.29, 1.82) is 0 Å². The molecule has 14 heteroatoms. The zero-order chi connectivity index (χ0) is 29.2. The van der Waals surface area contributed by atoms with Gasteiger partial charge in [-0.25, -0.2) is 9.67 Å². The molecule has 0 fully saturated rings. The van der Waals surface area contributed by atoms with Crippen LogP contribution in [-0.2, 0) is 6.18 Å². The highest BCUT2D eigenvalue weighted by atomic mass is 35.5. The summed E-state index contributed by atoms with van der Waals surface area (Å²) in [6.07, 6.45) is -3.60. The summed E-state index contributed by atoms with van der Waals surface area (Å²) >= 11 is 12.2. The average Bonchev–Trinajstić information content (AvgIpc) is 3.35. The molecule has 0 aliphatic rings. The Morgan fingerprint density at radius 1 is 0.902 bits per heavy atom. The molecule has 9 nitrogen and oxygen atoms in total. The molecule has 3 amide bonds. The third-order valence-electron chi connectivity index (χ3n) is 5.53. The second kappa shape index (κ2) is 12.4. The van der Waals surface area contributed by atoms with Gasteiger partial charge in [0.1, 0.15) is 5.69 Å². The van der Waals surface area contributed by atoms with Crippen LogP contribution in [0.15, 0.2) is 60.8 Å². The van der Waals surface area contributed by atoms with E-state index < -0.39 is 35.3 Å². The number of amides is 3. The van der Waals surface area contributed by atoms with Gasteiger partial charge in [-0.05, 0) is 55.8 Å². The van der Waals surface area contributed by atoms with E-state index >= 15 is 0 Å². The van der Waals surface area contributed by atoms with E-state index in [1.165, 1.54) is 37.4 Å². The van der Waals surface area contributed by atoms with Gasteiger partial charge >= 0.3 is 6.18 Å². The molecule has 4 rings (SSSR count). The van der Waals surface area contributed by atoms with Crippen LogP contribution in [0.1, 0.15) is 55.5 Å². The van der Waals surface area contributed by atoms with Crippen LogP contribution < -0.4 is 16.2 Å². The number of aryl methyl sites for hydroxylation is 2. The van der Waals surface area contributed by atoms with Crippen LogP contribution in [0.5, 0.6) is 0 Å². The van der Waals surface area contributed by atoms with Gasteiger partial charge < -0.3 is 5.32 Å². The molecule has 2 heterocycles. The number of hydrazine groups is 1. The van der Waals surface area contributed by atoms with Gasteiger partial charge in [0, 0.05) is 22.8 Å². The molecule has 2 aromatic carbocycles. The molecule has 0 unspecified atom stereocenters. The first kappa shape index (κ1) is 31.1. The number of hydrogen-bond acceptors (Lipinski definition) is 5. The van der Waals surface area contributed by atoms with Crippen molar-refractivity contribution in [2.24, 2.45) is 0 Å². The summed E-state index contributed by atoms with van der Waals surface area (Å²) < 4.78 is 41.2. The van der Waals surface area contributed by atoms with Crippen molar-refractivity contribution in [3.05, 3.63) is 104 Å². The SMILES string of the molecule is C.Cc1cccc(C(=O)NNC(=O)c2cc(Cl)cc(C)c2NC(=O)c2cc(C(F)(F)F)nn2-c2ncccc2Cl)c1. The van der Waals surface area contributed by atoms with Gasteiger partial charge in [0.25, 0.3) is 17.7 Å². The van der Waals surface area contributed by atoms with E-state index in [1.807, 2.05) is 0 Å². The summed E-state index contributed by atoms with van der Waals surface area (Å²) in [6.45, 7) is 3.32. The number of hydrogen-bond donors (Lipinski definition) is 3. The Morgan fingerprint density at radius 2 is 1.61 bits per heavy atom. The Hall–Kier alpha value is -4.42. The molecule has 0 saturated heterocycles. The standard InChI is InChI=1S/C26H19Cl2F3N6O3.CH4/c1-13-5-3-6-15(9-13)23(38)34-35-24(39)17-11-16(27)10-14(2)21(17)33-25(40)19-12-20(26(29,30)31)36-37(19)22-18(28)7-4-8-32-22;/h3-12H,1-2H3,(H,33,40)(H,34,38)(H,35,39);1H4. The number of alkyl halides is 3. The fraction of sp³-hybridized carbons (Fsp3) is 0.148. The van der Waals surface area contributed by atoms with Crippen molar-refractivity contribution in [2.75, 3.05) is 5.32 Å². The van der Waals surface area contributed by atoms with Crippen molar-refractivity contribution in [1.82, 2.24) is 25.6 Å². The molecule has 0 spiro atoms. The number of aromatic nitrogens is 3. The quantitative estimate of drug-likeness (QED) is 0.235. The van der Waals surface area contributed by atoms with Crippen molar-refractivity contribution >= 4 is 46.6 Å². The number of nitrogens with one attached hydrogen (secondary N) is 3. The van der Waals surface area contributed by atoms with Gasteiger partial charge in [0.2, 0.25) is 0 Å². The van der Waals surface area contributed by atoms with Gasteiger partial charge in [-0.15, -0.1) is 0 Å². The third-order valence-corrected chi connectivity index (χ3v) is 6.04. The summed E-state index contributed by atoms with van der Waals surface area (Å²) in [5, 5.41) is 6.02. The van der Waals surface area contributed by atoms with Crippen molar-refractivity contribution < 1.29 is 27.6 Å². The zero-order valence-corrected chi connectivity index (χ0v) is 22.2. The Morgan fingerprint density at radius 3 is 2.27 bits per heavy atom. The predicted molar refractivity (Wildman–Crippen MR) is 148 cm³/mol. The Labute approximate surface area is 242 Å². The maximum Gasteiger partial charge on any atom is 0.435 e. The molecule has 2 aromatic heterocycles. The molecule has 3 N–H and O–H groups in total. The van der Waals surface area contributed by atoms with E-state index in [4.69, 9.17) is 23.2 Å². The van der Waals surface area contributed by atoms with Gasteiger partial charge in [0.05, 0.1) is 16.3 Å². The molecule has 0 bridgehead atoms. The molecular formula is C27H23Cl2F3N6O3. The Kier molecular flexibility index (Phi) is 9.41. The summed E-state index contributed by atoms with van der Waals surface area (Å²) in [5.74, 6) is -2.71. The summed E-state index contributed by atoms with van der Waals surface area (Å²) in [5.41, 5.74) is 3.82. The largest absolute Gasteiger partial charge is 0.435 e. The maximum atomic E-state index is 13.5. The first-order valence-electron chi connectivity index (χ1n) is 11.4. The lowest BCUT2D eigenvalue weighted by Gasteiger charge is -2.16. The number of carbonyl (C=O) groups is 3. The second-order valence-corrected chi connectivity index (χ2v) is 9.35. The van der Waals surface area contributed by atoms with Crippen LogP contribution in [0.2, 0.25) is 10.0 Å². The molecule has 41 heavy (non-hydrogen) atoms. The normalized spacial score (nSPS) is 10.9. The molecule has 0 atom stereocenters. The molecular weight excluding hydrogens is 584 g/mol. The summed E-state index contributed by atoms with van der Waals surface area (Å²) in [4.78, 5) is 42.7. The minimum absolute atomic E-state index is 0. The fourth-order valence-electron chi connectivity index (χ4n) is 3.68. The van der Waals surface area contributed by atoms with E-state index in [-0.39, 0.29) is 40.1 Å². The van der Waals surface area contributed by atoms with Gasteiger partial charge in [-0.3, -0.25) is 25.2 Å². The second-order valence-electron chi connectivity index (χ2n) is 8.51. The lowest BCUT2D eigenvalue weighted by atomic mass is 10.1. The highest BCUT2D eigenvalue weighted by molar-refractivity contribution is 6.32. The number of halogens is 5. The summed E-state index contributed by atoms with van der Waals surface area (Å²) in [6, 6.07) is 12.7. The van der Waals surface area contributed by atoms with E-state index in [2.05, 4.69) is 26.3 Å². The van der Waals surface area contributed by atoms with Crippen LogP contribution in [-0.4, -0.2) is 32.5 Å². The third kappa shape index (κ3) is 7.02. The average molecular weight is 607 g/mol. The molecule has 0 saturated carbocycles. The Balaban J connectivity index is 0.00000462. The van der Waals surface area contributed by atoms with E-state index in [0.29, 0.717) is 16.3 Å². The number of pyridine rings is 1. The molecule has 214 valence electrons. The summed E-state index contributed by atoms with van der Waals surface area (Å²) in [7, 11) is 0. The number of anilines is 1. The number of nitrogens with zero attached hydrogens (tertiary/aromatic N) is 3. The topological polar surface area (TPSA) is 118 Å². The van der Waals surface area contributed by atoms with Gasteiger partial charge in [-0.1, -0.05) is 48.3 Å². The van der Waals surface area contributed by atoms with E-state index in [0.717, 1.165) is 5.56 Å². The molecule has 4 aromatic rings. The van der Waals surface area contributed by atoms with Crippen LogP contribution in [0.4, 0.5) is 18.9 Å². The predicted octanol–water partition coefficient (Wildman–Crippen LogP) is 6.17. The monoisotopic (exact) mass is 606 g/mol. The molecule has 0 aliphatic carbocycles. The lowest BCUT2D eigenvalue weighted by Crippen LogP contribution is -2.42. The van der Waals surface area contributed by atoms with Crippen molar-refractivity contribution in [2.45, 2.75) is 27.5 Å². The molecule has 0 aliphatic heterocycles. The first-order valence-corrected chi connectivity index (χ1v) is 12.2. The first-order chi connectivity index (χ1) is 18.8. The lowest BCUT2D eigenvalue weighted by molar-refractivity contribution is -0.141. The van der Waals surface area contributed by atoms with Crippen LogP contribution in [0.25, 0.3) is 5.82 Å². The number of carbonyl (C=O) groups excluding carboxylic acids is 3. The number of rotatable bonds is 5. The highest BCUT2D eigenvalue weighted by Crippen LogP contribution is 2.31. The van der Waals surface area contributed by atoms with E-state index in [1.54, 1.807) is 31.2 Å². The highest BCUT2D eigenvalue weighted by Gasteiger charge is 2.37. The van der Waals surface area contributed by atoms with Gasteiger partial charge in [-0.2, -0.15) is 18.3 Å². The zero-order valence-electron chi connectivity index (χ0n) is 20.7. The van der Waals surface area contributed by atoms with Crippen LogP contribution in [0.3, 0.4) is 0 Å². The van der Waals surface area contributed by atoms with E-state index in [9.17, 15) is 27.6 Å². The van der Waals surface area contributed by atoms with Crippen molar-refractivity contribution in [3.8, 4) is 5.82 Å². The molecule has 0 radical (unpaired) electrons. The Bertz CT molecular complexity index is 1640. The number of benzene rings is 2. The minimum atomic E-state index is -4.88. The fourth-order valence-corrected chi connectivity index (χ4v) is 4.16. The van der Waals surface area contributed by atoms with Crippen molar-refractivity contribution in [3.63, 3.8) is 0 Å².